The summed E-state index contributed by atoms with van der Waals surface area (Å²) in [6.45, 7) is 1.76. The predicted octanol–water partition coefficient (Wildman–Crippen LogP) is 1.53. The molecule has 0 spiro atoms. The summed E-state index contributed by atoms with van der Waals surface area (Å²) in [7, 11) is -3.17. The van der Waals surface area contributed by atoms with Crippen molar-refractivity contribution in [2.24, 2.45) is 0 Å². The van der Waals surface area contributed by atoms with E-state index in [0.717, 1.165) is 17.4 Å². The van der Waals surface area contributed by atoms with Crippen LogP contribution in [0, 0.1) is 6.92 Å². The van der Waals surface area contributed by atoms with Crippen LogP contribution in [0.15, 0.2) is 23.1 Å². The fourth-order valence-electron chi connectivity index (χ4n) is 1.43. The smallest absolute Gasteiger partial charge is 0.175 e. The van der Waals surface area contributed by atoms with Gasteiger partial charge >= 0.3 is 0 Å². The first kappa shape index (κ1) is 11.9. The molecule has 1 aromatic rings. The van der Waals surface area contributed by atoms with Crippen molar-refractivity contribution in [1.29, 1.82) is 0 Å². The fraction of sp³-hybridized carbons (Fsp3) is 0.364. The van der Waals surface area contributed by atoms with Crippen LogP contribution in [0.1, 0.15) is 17.5 Å². The number of rotatable bonds is 4. The first-order valence-electron chi connectivity index (χ1n) is 4.68. The van der Waals surface area contributed by atoms with Crippen molar-refractivity contribution >= 4 is 16.1 Å². The lowest BCUT2D eigenvalue weighted by Crippen LogP contribution is -2.01. The van der Waals surface area contributed by atoms with Crippen molar-refractivity contribution in [2.75, 3.05) is 6.26 Å². The highest BCUT2D eigenvalue weighted by atomic mass is 32.2. The maximum Gasteiger partial charge on any atom is 0.175 e. The third-order valence-electron chi connectivity index (χ3n) is 2.20. The molecule has 0 aliphatic heterocycles. The molecule has 0 N–H and O–H groups in total. The van der Waals surface area contributed by atoms with Crippen LogP contribution in [0.2, 0.25) is 0 Å². The monoisotopic (exact) mass is 226 g/mol. The average Bonchev–Trinajstić information content (AvgIpc) is 2.15. The van der Waals surface area contributed by atoms with E-state index in [1.807, 2.05) is 6.07 Å². The van der Waals surface area contributed by atoms with Crippen molar-refractivity contribution in [1.82, 2.24) is 0 Å². The molecule has 0 radical (unpaired) electrons. The van der Waals surface area contributed by atoms with Crippen molar-refractivity contribution in [3.8, 4) is 0 Å². The van der Waals surface area contributed by atoms with Gasteiger partial charge in [-0.2, -0.15) is 0 Å². The number of aryl methyl sites for hydroxylation is 2. The van der Waals surface area contributed by atoms with E-state index >= 15 is 0 Å². The lowest BCUT2D eigenvalue weighted by molar-refractivity contribution is -0.107. The zero-order valence-electron chi connectivity index (χ0n) is 8.86. The maximum atomic E-state index is 11.4. The van der Waals surface area contributed by atoms with E-state index in [2.05, 4.69) is 0 Å². The van der Waals surface area contributed by atoms with E-state index in [-0.39, 0.29) is 0 Å². The quantitative estimate of drug-likeness (QED) is 0.732. The van der Waals surface area contributed by atoms with Gasteiger partial charge in [0.25, 0.3) is 0 Å². The second kappa shape index (κ2) is 4.57. The summed E-state index contributed by atoms with van der Waals surface area (Å²) in [6, 6.07) is 5.28. The molecule has 0 aliphatic rings. The maximum absolute atomic E-state index is 11.4. The molecule has 0 aromatic heterocycles. The van der Waals surface area contributed by atoms with Crippen LogP contribution >= 0.6 is 0 Å². The molecule has 0 heterocycles. The summed E-state index contributed by atoms with van der Waals surface area (Å²) in [5.41, 5.74) is 1.63. The summed E-state index contributed by atoms with van der Waals surface area (Å²) in [5, 5.41) is 0. The Bertz CT molecular complexity index is 461. The third-order valence-corrected chi connectivity index (χ3v) is 3.44. The Morgan fingerprint density at radius 2 is 2.00 bits per heavy atom. The predicted molar refractivity (Wildman–Crippen MR) is 58.7 cm³/mol. The standard InChI is InChI=1S/C11H14O3S/c1-9-5-6-10(4-3-7-12)8-11(9)15(2,13)14/h5-8H,3-4H2,1-2H3. The minimum absolute atomic E-state index is 0.353. The SMILES string of the molecule is Cc1ccc(CCC=O)cc1S(C)(=O)=O. The summed E-state index contributed by atoms with van der Waals surface area (Å²) in [6.07, 6.45) is 3.04. The molecule has 1 rings (SSSR count). The van der Waals surface area contributed by atoms with Crippen LogP contribution in [-0.2, 0) is 21.1 Å². The molecular formula is C11H14O3S. The first-order chi connectivity index (χ1) is 6.95. The lowest BCUT2D eigenvalue weighted by atomic mass is 10.1. The van der Waals surface area contributed by atoms with Crippen LogP contribution in [0.3, 0.4) is 0 Å². The van der Waals surface area contributed by atoms with Crippen molar-refractivity contribution in [2.45, 2.75) is 24.7 Å². The third kappa shape index (κ3) is 3.16. The number of hydrogen-bond acceptors (Lipinski definition) is 3. The van der Waals surface area contributed by atoms with E-state index in [4.69, 9.17) is 0 Å². The lowest BCUT2D eigenvalue weighted by Gasteiger charge is -2.06. The zero-order chi connectivity index (χ0) is 11.5. The van der Waals surface area contributed by atoms with Gasteiger partial charge < -0.3 is 4.79 Å². The molecule has 82 valence electrons. The summed E-state index contributed by atoms with van der Waals surface area (Å²) in [5.74, 6) is 0. The number of sulfone groups is 1. The molecule has 0 aliphatic carbocycles. The molecule has 0 atom stereocenters. The molecule has 0 amide bonds. The first-order valence-corrected chi connectivity index (χ1v) is 6.57. The van der Waals surface area contributed by atoms with Crippen LogP contribution in [0.25, 0.3) is 0 Å². The topological polar surface area (TPSA) is 51.2 Å². The van der Waals surface area contributed by atoms with Crippen LogP contribution in [0.5, 0.6) is 0 Å². The number of aldehydes is 1. The van der Waals surface area contributed by atoms with Gasteiger partial charge in [0.15, 0.2) is 9.84 Å². The Balaban J connectivity index is 3.11. The fourth-order valence-corrected chi connectivity index (χ4v) is 2.44. The molecule has 0 fully saturated rings. The van der Waals surface area contributed by atoms with Crippen LogP contribution in [-0.4, -0.2) is 21.0 Å². The Kier molecular flexibility index (Phi) is 3.63. The van der Waals surface area contributed by atoms with E-state index in [1.54, 1.807) is 19.1 Å². The van der Waals surface area contributed by atoms with E-state index in [0.29, 0.717) is 17.7 Å². The van der Waals surface area contributed by atoms with Gasteiger partial charge in [0.1, 0.15) is 6.29 Å². The highest BCUT2D eigenvalue weighted by Gasteiger charge is 2.10. The molecule has 15 heavy (non-hydrogen) atoms. The highest BCUT2D eigenvalue weighted by molar-refractivity contribution is 7.90. The van der Waals surface area contributed by atoms with Gasteiger partial charge in [0, 0.05) is 12.7 Å². The van der Waals surface area contributed by atoms with E-state index < -0.39 is 9.84 Å². The largest absolute Gasteiger partial charge is 0.303 e. The molecular weight excluding hydrogens is 212 g/mol. The second-order valence-electron chi connectivity index (χ2n) is 3.58. The summed E-state index contributed by atoms with van der Waals surface area (Å²) in [4.78, 5) is 10.6. The van der Waals surface area contributed by atoms with E-state index in [9.17, 15) is 13.2 Å². The number of hydrogen-bond donors (Lipinski definition) is 0. The Morgan fingerprint density at radius 3 is 2.53 bits per heavy atom. The van der Waals surface area contributed by atoms with Gasteiger partial charge in [-0.15, -0.1) is 0 Å². The average molecular weight is 226 g/mol. The normalized spacial score (nSPS) is 11.3. The van der Waals surface area contributed by atoms with Gasteiger partial charge in [-0.1, -0.05) is 12.1 Å². The summed E-state index contributed by atoms with van der Waals surface area (Å²) < 4.78 is 22.8. The molecule has 3 nitrogen and oxygen atoms in total. The minimum atomic E-state index is -3.17. The number of carbonyl (C=O) groups excluding carboxylic acids is 1. The van der Waals surface area contributed by atoms with Gasteiger partial charge in [-0.3, -0.25) is 0 Å². The number of benzene rings is 1. The Hall–Kier alpha value is -1.16. The molecule has 0 bridgehead atoms. The van der Waals surface area contributed by atoms with Gasteiger partial charge in [0.2, 0.25) is 0 Å². The molecule has 0 unspecified atom stereocenters. The zero-order valence-corrected chi connectivity index (χ0v) is 9.67. The van der Waals surface area contributed by atoms with Crippen molar-refractivity contribution in [3.05, 3.63) is 29.3 Å². The number of carbonyl (C=O) groups is 1. The Labute approximate surface area is 90.0 Å². The van der Waals surface area contributed by atoms with Crippen molar-refractivity contribution < 1.29 is 13.2 Å². The van der Waals surface area contributed by atoms with Crippen LogP contribution < -0.4 is 0 Å². The Morgan fingerprint density at radius 1 is 1.33 bits per heavy atom. The molecule has 0 saturated heterocycles. The van der Waals surface area contributed by atoms with Gasteiger partial charge in [-0.05, 0) is 30.5 Å². The minimum Gasteiger partial charge on any atom is -0.303 e. The molecule has 0 saturated carbocycles. The summed E-state index contributed by atoms with van der Waals surface area (Å²) >= 11 is 0. The molecule has 1 aromatic carbocycles. The van der Waals surface area contributed by atoms with E-state index in [1.165, 1.54) is 6.26 Å². The van der Waals surface area contributed by atoms with Crippen LogP contribution in [0.4, 0.5) is 0 Å². The van der Waals surface area contributed by atoms with Gasteiger partial charge in [0.05, 0.1) is 4.90 Å². The van der Waals surface area contributed by atoms with Crippen molar-refractivity contribution in [3.63, 3.8) is 0 Å². The molecule has 4 heteroatoms. The highest BCUT2D eigenvalue weighted by Crippen LogP contribution is 2.17. The second-order valence-corrected chi connectivity index (χ2v) is 5.56. The van der Waals surface area contributed by atoms with Gasteiger partial charge in [-0.25, -0.2) is 8.42 Å².